The van der Waals surface area contributed by atoms with Gasteiger partial charge in [0.15, 0.2) is 0 Å². The lowest BCUT2D eigenvalue weighted by molar-refractivity contribution is -0.184. The highest BCUT2D eigenvalue weighted by Crippen LogP contribution is 2.21. The Morgan fingerprint density at radius 2 is 1.93 bits per heavy atom. The Hall–Kier alpha value is -1.80. The molecule has 1 aliphatic heterocycles. The van der Waals surface area contributed by atoms with Crippen LogP contribution in [0.2, 0.25) is 0 Å². The van der Waals surface area contributed by atoms with Gasteiger partial charge in [-0.15, -0.1) is 12.4 Å². The number of nitrogens with one attached hydrogen (secondary N) is 2. The van der Waals surface area contributed by atoms with Crippen molar-refractivity contribution in [2.45, 2.75) is 38.4 Å². The van der Waals surface area contributed by atoms with Crippen LogP contribution in [0.15, 0.2) is 24.3 Å². The van der Waals surface area contributed by atoms with Gasteiger partial charge in [0.1, 0.15) is 0 Å². The number of hydrogen-bond donors (Lipinski definition) is 2. The summed E-state index contributed by atoms with van der Waals surface area (Å²) in [4.78, 5) is 23.9. The summed E-state index contributed by atoms with van der Waals surface area (Å²) in [6.45, 7) is 1.79. The van der Waals surface area contributed by atoms with Crippen LogP contribution in [0.4, 0.5) is 18.9 Å². The van der Waals surface area contributed by atoms with Crippen molar-refractivity contribution in [1.29, 1.82) is 0 Å². The summed E-state index contributed by atoms with van der Waals surface area (Å²) in [6.07, 6.45) is -1.50. The first-order chi connectivity index (χ1) is 12.3. The molecular formula is C18H25ClF3N3O2. The van der Waals surface area contributed by atoms with Crippen molar-refractivity contribution in [1.82, 2.24) is 10.2 Å². The average molecular weight is 408 g/mol. The van der Waals surface area contributed by atoms with Crippen LogP contribution in [0, 0.1) is 5.92 Å². The summed E-state index contributed by atoms with van der Waals surface area (Å²) >= 11 is 0. The number of amides is 2. The van der Waals surface area contributed by atoms with Crippen LogP contribution in [0.1, 0.15) is 31.2 Å². The van der Waals surface area contributed by atoms with E-state index >= 15 is 0 Å². The molecule has 2 amide bonds. The van der Waals surface area contributed by atoms with Gasteiger partial charge in [0.25, 0.3) is 0 Å². The number of halogens is 4. The molecule has 0 unspecified atom stereocenters. The van der Waals surface area contributed by atoms with Gasteiger partial charge in [0.2, 0.25) is 5.91 Å². The van der Waals surface area contributed by atoms with Crippen molar-refractivity contribution in [2.75, 3.05) is 25.5 Å². The first-order valence-electron chi connectivity index (χ1n) is 8.67. The van der Waals surface area contributed by atoms with Gasteiger partial charge >= 0.3 is 12.1 Å². The second kappa shape index (κ2) is 10.5. The molecule has 1 fully saturated rings. The van der Waals surface area contributed by atoms with Gasteiger partial charge in [-0.1, -0.05) is 12.1 Å². The minimum atomic E-state index is -4.89. The Bertz CT molecular complexity index is 635. The molecule has 0 aromatic heterocycles. The molecule has 1 aromatic carbocycles. The molecule has 1 aromatic rings. The number of nitrogens with zero attached hydrogens (tertiary/aromatic N) is 1. The van der Waals surface area contributed by atoms with E-state index in [2.05, 4.69) is 10.6 Å². The Kier molecular flexibility index (Phi) is 9.05. The third kappa shape index (κ3) is 7.76. The molecule has 1 heterocycles. The molecule has 0 bridgehead atoms. The van der Waals surface area contributed by atoms with Crippen LogP contribution in [0.3, 0.4) is 0 Å². The zero-order valence-electron chi connectivity index (χ0n) is 15.1. The highest BCUT2D eigenvalue weighted by molar-refractivity contribution is 5.90. The molecule has 2 N–H and O–H groups in total. The maximum atomic E-state index is 12.4. The fraction of sp³-hybridized carbons (Fsp3) is 0.556. The van der Waals surface area contributed by atoms with E-state index in [0.29, 0.717) is 28.5 Å². The van der Waals surface area contributed by atoms with E-state index in [0.717, 1.165) is 39.4 Å². The Balaban J connectivity index is 0.00000364. The van der Waals surface area contributed by atoms with E-state index in [1.54, 1.807) is 24.3 Å². The van der Waals surface area contributed by atoms with Gasteiger partial charge in [0, 0.05) is 25.7 Å². The first-order valence-corrected chi connectivity index (χ1v) is 8.67. The fourth-order valence-electron chi connectivity index (χ4n) is 3.04. The third-order valence-corrected chi connectivity index (χ3v) is 4.46. The second-order valence-corrected chi connectivity index (χ2v) is 6.64. The number of carbonyl (C=O) groups excluding carboxylic acids is 2. The summed E-state index contributed by atoms with van der Waals surface area (Å²) in [5.74, 6) is -1.45. The van der Waals surface area contributed by atoms with Gasteiger partial charge in [-0.3, -0.25) is 9.59 Å². The van der Waals surface area contributed by atoms with Crippen LogP contribution in [0.5, 0.6) is 0 Å². The number of carbonyl (C=O) groups is 2. The summed E-state index contributed by atoms with van der Waals surface area (Å²) < 4.78 is 37.3. The highest BCUT2D eigenvalue weighted by Gasteiger charge is 2.41. The highest BCUT2D eigenvalue weighted by atomic mass is 35.5. The third-order valence-electron chi connectivity index (χ3n) is 4.46. The van der Waals surface area contributed by atoms with E-state index in [-0.39, 0.29) is 24.9 Å². The molecule has 152 valence electrons. The molecular weight excluding hydrogens is 383 g/mol. The van der Waals surface area contributed by atoms with Gasteiger partial charge in [-0.05, 0) is 56.0 Å². The zero-order valence-corrected chi connectivity index (χ0v) is 16.0. The number of anilines is 1. The Morgan fingerprint density at radius 3 is 2.56 bits per heavy atom. The van der Waals surface area contributed by atoms with Crippen molar-refractivity contribution in [3.05, 3.63) is 29.8 Å². The van der Waals surface area contributed by atoms with Crippen LogP contribution < -0.4 is 10.6 Å². The average Bonchev–Trinajstić information content (AvgIpc) is 2.59. The Morgan fingerprint density at radius 1 is 1.26 bits per heavy atom. The first kappa shape index (κ1) is 23.2. The quantitative estimate of drug-likeness (QED) is 0.760. The van der Waals surface area contributed by atoms with E-state index in [1.807, 2.05) is 0 Å². The van der Waals surface area contributed by atoms with Crippen LogP contribution in [0.25, 0.3) is 0 Å². The summed E-state index contributed by atoms with van der Waals surface area (Å²) in [5, 5.41) is 6.06. The number of rotatable bonds is 6. The molecule has 0 radical (unpaired) electrons. The van der Waals surface area contributed by atoms with Crippen molar-refractivity contribution in [2.24, 2.45) is 5.92 Å². The largest absolute Gasteiger partial charge is 0.471 e. The van der Waals surface area contributed by atoms with E-state index < -0.39 is 12.1 Å². The summed E-state index contributed by atoms with van der Waals surface area (Å²) in [7, 11) is 1.10. The van der Waals surface area contributed by atoms with Crippen molar-refractivity contribution < 1.29 is 22.8 Å². The van der Waals surface area contributed by atoms with Gasteiger partial charge in [0.05, 0.1) is 0 Å². The van der Waals surface area contributed by atoms with Crippen molar-refractivity contribution in [3.8, 4) is 0 Å². The SMILES string of the molecule is CN(Cc1cccc(NC(=O)CCC2CCNCC2)c1)C(=O)C(F)(F)F.Cl. The van der Waals surface area contributed by atoms with E-state index in [9.17, 15) is 22.8 Å². The lowest BCUT2D eigenvalue weighted by atomic mass is 9.93. The zero-order chi connectivity index (χ0) is 19.2. The molecule has 2 rings (SSSR count). The lowest BCUT2D eigenvalue weighted by Crippen LogP contribution is -2.37. The number of benzene rings is 1. The smallest absolute Gasteiger partial charge is 0.334 e. The fourth-order valence-corrected chi connectivity index (χ4v) is 3.04. The van der Waals surface area contributed by atoms with Crippen LogP contribution >= 0.6 is 12.4 Å². The minimum absolute atomic E-state index is 0. The maximum Gasteiger partial charge on any atom is 0.471 e. The van der Waals surface area contributed by atoms with Gasteiger partial charge in [-0.25, -0.2) is 0 Å². The normalized spacial score (nSPS) is 15.0. The number of hydrogen-bond acceptors (Lipinski definition) is 3. The minimum Gasteiger partial charge on any atom is -0.334 e. The molecule has 1 saturated heterocycles. The van der Waals surface area contributed by atoms with Crippen molar-refractivity contribution in [3.63, 3.8) is 0 Å². The monoisotopic (exact) mass is 407 g/mol. The van der Waals surface area contributed by atoms with E-state index in [4.69, 9.17) is 0 Å². The summed E-state index contributed by atoms with van der Waals surface area (Å²) in [5.41, 5.74) is 1.03. The van der Waals surface area contributed by atoms with Gasteiger partial charge < -0.3 is 15.5 Å². The van der Waals surface area contributed by atoms with Crippen molar-refractivity contribution >= 4 is 29.9 Å². The molecule has 27 heavy (non-hydrogen) atoms. The van der Waals surface area contributed by atoms with Crippen LogP contribution in [-0.2, 0) is 16.1 Å². The predicted molar refractivity (Wildman–Crippen MR) is 99.7 cm³/mol. The standard InChI is InChI=1S/C18H24F3N3O2.ClH/c1-24(17(26)18(19,20)21)12-14-3-2-4-15(11-14)23-16(25)6-5-13-7-9-22-10-8-13;/h2-4,11,13,22H,5-10,12H2,1H3,(H,23,25);1H. The summed E-state index contributed by atoms with van der Waals surface area (Å²) in [6, 6.07) is 6.52. The predicted octanol–water partition coefficient (Wildman–Crippen LogP) is 3.35. The number of alkyl halides is 3. The molecule has 0 atom stereocenters. The molecule has 1 aliphatic rings. The topological polar surface area (TPSA) is 61.4 Å². The van der Waals surface area contributed by atoms with Crippen LogP contribution in [-0.4, -0.2) is 43.0 Å². The Labute approximate surface area is 163 Å². The molecule has 5 nitrogen and oxygen atoms in total. The lowest BCUT2D eigenvalue weighted by Gasteiger charge is -2.22. The van der Waals surface area contributed by atoms with Gasteiger partial charge in [-0.2, -0.15) is 13.2 Å². The molecule has 0 aliphatic carbocycles. The number of piperidine rings is 1. The molecule has 0 spiro atoms. The van der Waals surface area contributed by atoms with E-state index in [1.165, 1.54) is 0 Å². The maximum absolute atomic E-state index is 12.4. The second-order valence-electron chi connectivity index (χ2n) is 6.64. The molecule has 0 saturated carbocycles. The molecule has 9 heteroatoms.